The van der Waals surface area contributed by atoms with Crippen molar-refractivity contribution in [3.05, 3.63) is 45.9 Å². The molecule has 0 atom stereocenters. The van der Waals surface area contributed by atoms with Gasteiger partial charge in [0.25, 0.3) is 5.91 Å². The van der Waals surface area contributed by atoms with Crippen LogP contribution in [-0.2, 0) is 5.75 Å². The maximum Gasteiger partial charge on any atom is 0.254 e. The van der Waals surface area contributed by atoms with Crippen molar-refractivity contribution >= 4 is 29.0 Å². The zero-order valence-corrected chi connectivity index (χ0v) is 16.2. The number of carbonyl (C=O) groups is 1. The van der Waals surface area contributed by atoms with Crippen LogP contribution in [0.15, 0.2) is 34.5 Å². The Labute approximate surface area is 157 Å². The highest BCUT2D eigenvalue weighted by atomic mass is 32.2. The van der Waals surface area contributed by atoms with Gasteiger partial charge in [0.15, 0.2) is 0 Å². The highest BCUT2D eigenvalue weighted by Crippen LogP contribution is 2.35. The summed E-state index contributed by atoms with van der Waals surface area (Å²) in [4.78, 5) is 20.9. The lowest BCUT2D eigenvalue weighted by Gasteiger charge is -2.29. The van der Waals surface area contributed by atoms with Crippen molar-refractivity contribution in [1.29, 1.82) is 0 Å². The average Bonchev–Trinajstić information content (AvgIpc) is 3.13. The Bertz CT molecular complexity index is 730. The van der Waals surface area contributed by atoms with Gasteiger partial charge < -0.3 is 4.90 Å². The molecule has 1 amide bonds. The molecule has 0 bridgehead atoms. The molecular formula is C20H24N2OS2. The van der Waals surface area contributed by atoms with Crippen LogP contribution in [0, 0.1) is 6.92 Å². The Balaban J connectivity index is 1.41. The van der Waals surface area contributed by atoms with E-state index >= 15 is 0 Å². The van der Waals surface area contributed by atoms with Crippen LogP contribution in [-0.4, -0.2) is 27.9 Å². The van der Waals surface area contributed by atoms with Gasteiger partial charge in [-0.2, -0.15) is 0 Å². The average molecular weight is 373 g/mol. The summed E-state index contributed by atoms with van der Waals surface area (Å²) in [5, 5.41) is 3.23. The second-order valence-electron chi connectivity index (χ2n) is 7.05. The Morgan fingerprint density at radius 2 is 1.84 bits per heavy atom. The number of rotatable bonds is 6. The van der Waals surface area contributed by atoms with E-state index in [0.717, 1.165) is 22.0 Å². The van der Waals surface area contributed by atoms with Crippen LogP contribution >= 0.6 is 23.1 Å². The molecule has 0 spiro atoms. The lowest BCUT2D eigenvalue weighted by molar-refractivity contribution is 0.0664. The van der Waals surface area contributed by atoms with Gasteiger partial charge in [0.1, 0.15) is 0 Å². The predicted molar refractivity (Wildman–Crippen MR) is 104 cm³/mol. The second-order valence-corrected chi connectivity index (χ2v) is 9.16. The van der Waals surface area contributed by atoms with Gasteiger partial charge in [0.05, 0.1) is 10.7 Å². The van der Waals surface area contributed by atoms with E-state index < -0.39 is 0 Å². The van der Waals surface area contributed by atoms with Crippen LogP contribution in [0.5, 0.6) is 0 Å². The molecule has 25 heavy (non-hydrogen) atoms. The van der Waals surface area contributed by atoms with Crippen molar-refractivity contribution in [2.75, 3.05) is 0 Å². The Morgan fingerprint density at radius 3 is 2.44 bits per heavy atom. The van der Waals surface area contributed by atoms with Crippen LogP contribution in [0.2, 0.25) is 0 Å². The zero-order valence-electron chi connectivity index (χ0n) is 14.6. The fourth-order valence-corrected chi connectivity index (χ4v) is 5.15. The van der Waals surface area contributed by atoms with Crippen molar-refractivity contribution in [3.63, 3.8) is 0 Å². The van der Waals surface area contributed by atoms with E-state index in [-0.39, 0.29) is 5.91 Å². The highest BCUT2D eigenvalue weighted by molar-refractivity contribution is 7.98. The number of thiazole rings is 1. The molecule has 1 heterocycles. The summed E-state index contributed by atoms with van der Waals surface area (Å²) >= 11 is 3.47. The third-order valence-electron chi connectivity index (χ3n) is 5.05. The van der Waals surface area contributed by atoms with Crippen LogP contribution in [0.3, 0.4) is 0 Å². The van der Waals surface area contributed by atoms with E-state index in [4.69, 9.17) is 0 Å². The van der Waals surface area contributed by atoms with Crippen molar-refractivity contribution in [1.82, 2.24) is 9.88 Å². The predicted octanol–water partition coefficient (Wildman–Crippen LogP) is 5.29. The number of aryl methyl sites for hydroxylation is 1. The number of benzene rings is 1. The molecule has 4 rings (SSSR count). The third-order valence-corrected chi connectivity index (χ3v) is 6.92. The van der Waals surface area contributed by atoms with E-state index in [9.17, 15) is 4.79 Å². The quantitative estimate of drug-likeness (QED) is 0.646. The van der Waals surface area contributed by atoms with Gasteiger partial charge in [-0.3, -0.25) is 4.79 Å². The number of nitrogens with zero attached hydrogens (tertiary/aromatic N) is 2. The minimum Gasteiger partial charge on any atom is -0.333 e. The molecular weight excluding hydrogens is 348 g/mol. The number of thioether (sulfide) groups is 1. The molecule has 2 saturated carbocycles. The van der Waals surface area contributed by atoms with Crippen LogP contribution < -0.4 is 0 Å². The van der Waals surface area contributed by atoms with Crippen molar-refractivity contribution in [2.24, 2.45) is 0 Å². The van der Waals surface area contributed by atoms with Gasteiger partial charge in [-0.1, -0.05) is 12.8 Å². The summed E-state index contributed by atoms with van der Waals surface area (Å²) in [5.41, 5.74) is 1.97. The monoisotopic (exact) mass is 372 g/mol. The molecule has 0 unspecified atom stereocenters. The minimum atomic E-state index is 0.237. The topological polar surface area (TPSA) is 33.2 Å². The Morgan fingerprint density at radius 1 is 1.16 bits per heavy atom. The fourth-order valence-electron chi connectivity index (χ4n) is 3.64. The summed E-state index contributed by atoms with van der Waals surface area (Å²) in [5.74, 6) is 1.12. The number of amides is 1. The summed E-state index contributed by atoms with van der Waals surface area (Å²) < 4.78 is 0. The molecule has 2 aliphatic carbocycles. The van der Waals surface area contributed by atoms with E-state index in [1.807, 2.05) is 19.1 Å². The normalized spacial score (nSPS) is 17.8. The number of carbonyl (C=O) groups excluding carboxylic acids is 1. The first-order valence-electron chi connectivity index (χ1n) is 9.17. The van der Waals surface area contributed by atoms with Crippen molar-refractivity contribution in [3.8, 4) is 0 Å². The molecule has 2 aliphatic rings. The zero-order chi connectivity index (χ0) is 17.2. The number of hydrogen-bond acceptors (Lipinski definition) is 4. The second kappa shape index (κ2) is 7.50. The highest BCUT2D eigenvalue weighted by Gasteiger charge is 2.38. The largest absolute Gasteiger partial charge is 0.333 e. The van der Waals surface area contributed by atoms with Gasteiger partial charge >= 0.3 is 0 Å². The van der Waals surface area contributed by atoms with Crippen LogP contribution in [0.1, 0.15) is 59.6 Å². The van der Waals surface area contributed by atoms with Crippen LogP contribution in [0.4, 0.5) is 0 Å². The van der Waals surface area contributed by atoms with E-state index in [2.05, 4.69) is 27.4 Å². The summed E-state index contributed by atoms with van der Waals surface area (Å²) in [6.07, 6.45) is 7.28. The molecule has 0 aliphatic heterocycles. The molecule has 132 valence electrons. The third kappa shape index (κ3) is 4.09. The molecule has 2 aromatic rings. The van der Waals surface area contributed by atoms with E-state index in [0.29, 0.717) is 12.1 Å². The first-order chi connectivity index (χ1) is 12.2. The summed E-state index contributed by atoms with van der Waals surface area (Å²) in [6, 6.07) is 9.13. The van der Waals surface area contributed by atoms with Crippen molar-refractivity contribution in [2.45, 2.75) is 68.2 Å². The van der Waals surface area contributed by atoms with Gasteiger partial charge in [0.2, 0.25) is 0 Å². The van der Waals surface area contributed by atoms with Gasteiger partial charge in [-0.25, -0.2) is 4.98 Å². The Kier molecular flexibility index (Phi) is 5.13. The lowest BCUT2D eigenvalue weighted by atomic mass is 10.1. The van der Waals surface area contributed by atoms with Crippen LogP contribution in [0.25, 0.3) is 0 Å². The lowest BCUT2D eigenvalue weighted by Crippen LogP contribution is -2.40. The fraction of sp³-hybridized carbons (Fsp3) is 0.500. The maximum absolute atomic E-state index is 13.0. The molecule has 0 saturated heterocycles. The molecule has 3 nitrogen and oxygen atoms in total. The summed E-state index contributed by atoms with van der Waals surface area (Å²) in [6.45, 7) is 2.04. The number of hydrogen-bond donors (Lipinski definition) is 0. The van der Waals surface area contributed by atoms with Gasteiger partial charge in [0, 0.05) is 33.7 Å². The molecule has 0 radical (unpaired) electrons. The van der Waals surface area contributed by atoms with Gasteiger partial charge in [-0.15, -0.1) is 23.1 Å². The maximum atomic E-state index is 13.0. The van der Waals surface area contributed by atoms with E-state index in [1.54, 1.807) is 23.1 Å². The summed E-state index contributed by atoms with van der Waals surface area (Å²) in [7, 11) is 0. The molecule has 1 aromatic carbocycles. The number of aromatic nitrogens is 1. The molecule has 5 heteroatoms. The first-order valence-corrected chi connectivity index (χ1v) is 11.0. The van der Waals surface area contributed by atoms with E-state index in [1.165, 1.54) is 43.4 Å². The molecule has 0 N–H and O–H groups in total. The smallest absolute Gasteiger partial charge is 0.254 e. The molecule has 2 fully saturated rings. The first kappa shape index (κ1) is 17.1. The Hall–Kier alpha value is -1.33. The van der Waals surface area contributed by atoms with Crippen molar-refractivity contribution < 1.29 is 4.79 Å². The van der Waals surface area contributed by atoms with Gasteiger partial charge in [-0.05, 0) is 56.9 Å². The standard InChI is InChI=1S/C20H24N2OS2/c1-14-21-16(12-24-14)13-25-19-10-6-15(7-11-19)20(23)22(18-8-9-18)17-4-2-3-5-17/h6-7,10-12,17-18H,2-5,8-9,13H2,1H3. The SMILES string of the molecule is Cc1nc(CSc2ccc(C(=O)N(C3CCCC3)C3CC3)cc2)cs1. The molecule has 1 aromatic heterocycles. The minimum absolute atomic E-state index is 0.237.